The molecule has 0 N–H and O–H groups in total. The molecular weight excluding hydrogens is 311 g/mol. The van der Waals surface area contributed by atoms with Gasteiger partial charge in [-0.15, -0.1) is 0 Å². The lowest BCUT2D eigenvalue weighted by Gasteiger charge is -2.02. The van der Waals surface area contributed by atoms with Gasteiger partial charge in [-0.3, -0.25) is 0 Å². The van der Waals surface area contributed by atoms with Crippen LogP contribution in [0, 0.1) is 0 Å². The van der Waals surface area contributed by atoms with Crippen molar-refractivity contribution in [3.8, 4) is 17.1 Å². The molecule has 6 heteroatoms. The first-order chi connectivity index (χ1) is 10.2. The first-order valence-electron chi connectivity index (χ1n) is 6.17. The molecule has 4 nitrogen and oxygen atoms in total. The second-order valence-electron chi connectivity index (χ2n) is 4.27. The van der Waals surface area contributed by atoms with Gasteiger partial charge in [0, 0.05) is 15.6 Å². The molecule has 0 radical (unpaired) electrons. The van der Waals surface area contributed by atoms with Crippen molar-refractivity contribution in [1.82, 2.24) is 10.1 Å². The molecule has 0 atom stereocenters. The number of nitrogens with zero attached hydrogens (tertiary/aromatic N) is 2. The highest BCUT2D eigenvalue weighted by atomic mass is 35.5. The van der Waals surface area contributed by atoms with Gasteiger partial charge in [-0.2, -0.15) is 4.98 Å². The van der Waals surface area contributed by atoms with E-state index in [0.29, 0.717) is 27.5 Å². The van der Waals surface area contributed by atoms with E-state index >= 15 is 0 Å². The summed E-state index contributed by atoms with van der Waals surface area (Å²) in [6, 6.07) is 14.4. The fourth-order valence-electron chi connectivity index (χ4n) is 1.76. The number of ether oxygens (including phenoxy) is 1. The molecule has 1 heterocycles. The zero-order valence-corrected chi connectivity index (χ0v) is 12.3. The Morgan fingerprint density at radius 3 is 2.52 bits per heavy atom. The molecule has 0 aliphatic rings. The molecule has 0 saturated heterocycles. The van der Waals surface area contributed by atoms with Gasteiger partial charge in [-0.1, -0.05) is 46.6 Å². The number of halogens is 2. The van der Waals surface area contributed by atoms with E-state index in [1.54, 1.807) is 30.3 Å². The molecule has 0 aliphatic carbocycles. The zero-order chi connectivity index (χ0) is 14.7. The predicted molar refractivity (Wildman–Crippen MR) is 80.5 cm³/mol. The van der Waals surface area contributed by atoms with Crippen LogP contribution in [0.2, 0.25) is 10.0 Å². The molecule has 0 saturated carbocycles. The largest absolute Gasteiger partial charge is 0.484 e. The normalized spacial score (nSPS) is 10.6. The van der Waals surface area contributed by atoms with Gasteiger partial charge >= 0.3 is 0 Å². The molecule has 0 unspecified atom stereocenters. The molecule has 21 heavy (non-hydrogen) atoms. The first kappa shape index (κ1) is 13.9. The van der Waals surface area contributed by atoms with Crippen molar-refractivity contribution in [2.75, 3.05) is 0 Å². The number of rotatable bonds is 4. The van der Waals surface area contributed by atoms with Crippen molar-refractivity contribution in [1.29, 1.82) is 0 Å². The summed E-state index contributed by atoms with van der Waals surface area (Å²) in [5.74, 6) is 1.50. The summed E-state index contributed by atoms with van der Waals surface area (Å²) in [6.07, 6.45) is 0. The highest BCUT2D eigenvalue weighted by molar-refractivity contribution is 6.31. The molecule has 0 bridgehead atoms. The molecule has 2 aromatic carbocycles. The SMILES string of the molecule is Clc1cccc(OCc2nc(-c3cccc(Cl)c3)no2)c1. The van der Waals surface area contributed by atoms with Gasteiger partial charge < -0.3 is 9.26 Å². The van der Waals surface area contributed by atoms with Crippen LogP contribution in [0.15, 0.2) is 53.1 Å². The van der Waals surface area contributed by atoms with E-state index in [-0.39, 0.29) is 6.61 Å². The van der Waals surface area contributed by atoms with Gasteiger partial charge in [0.05, 0.1) is 0 Å². The van der Waals surface area contributed by atoms with Crippen molar-refractivity contribution >= 4 is 23.2 Å². The average molecular weight is 321 g/mol. The molecule has 0 amide bonds. The van der Waals surface area contributed by atoms with Crippen molar-refractivity contribution in [2.24, 2.45) is 0 Å². The number of aromatic nitrogens is 2. The Bertz CT molecular complexity index is 759. The Balaban J connectivity index is 1.71. The second kappa shape index (κ2) is 6.16. The lowest BCUT2D eigenvalue weighted by molar-refractivity contribution is 0.243. The fourth-order valence-corrected chi connectivity index (χ4v) is 2.13. The number of hydrogen-bond acceptors (Lipinski definition) is 4. The van der Waals surface area contributed by atoms with Crippen LogP contribution in [-0.4, -0.2) is 10.1 Å². The van der Waals surface area contributed by atoms with E-state index in [4.69, 9.17) is 32.5 Å². The topological polar surface area (TPSA) is 48.2 Å². The van der Waals surface area contributed by atoms with E-state index < -0.39 is 0 Å². The van der Waals surface area contributed by atoms with Crippen molar-refractivity contribution in [2.45, 2.75) is 6.61 Å². The monoisotopic (exact) mass is 320 g/mol. The third kappa shape index (κ3) is 3.54. The molecule has 3 aromatic rings. The van der Waals surface area contributed by atoms with E-state index in [1.165, 1.54) is 0 Å². The molecule has 106 valence electrons. The Labute approximate surface area is 131 Å². The minimum absolute atomic E-state index is 0.175. The minimum Gasteiger partial charge on any atom is -0.484 e. The minimum atomic E-state index is 0.175. The van der Waals surface area contributed by atoms with Crippen molar-refractivity contribution < 1.29 is 9.26 Å². The van der Waals surface area contributed by atoms with Gasteiger partial charge in [-0.25, -0.2) is 0 Å². The average Bonchev–Trinajstić information content (AvgIpc) is 2.94. The van der Waals surface area contributed by atoms with Crippen molar-refractivity contribution in [3.63, 3.8) is 0 Å². The molecule has 1 aromatic heterocycles. The maximum atomic E-state index is 5.93. The lowest BCUT2D eigenvalue weighted by Crippen LogP contribution is -1.95. The Kier molecular flexibility index (Phi) is 4.08. The van der Waals surface area contributed by atoms with Gasteiger partial charge in [0.15, 0.2) is 6.61 Å². The van der Waals surface area contributed by atoms with Crippen LogP contribution in [0.1, 0.15) is 5.89 Å². The number of hydrogen-bond donors (Lipinski definition) is 0. The lowest BCUT2D eigenvalue weighted by atomic mass is 10.2. The molecule has 0 fully saturated rings. The summed E-state index contributed by atoms with van der Waals surface area (Å²) in [5.41, 5.74) is 0.792. The van der Waals surface area contributed by atoms with Crippen LogP contribution in [-0.2, 0) is 6.61 Å². The van der Waals surface area contributed by atoms with Gasteiger partial charge in [0.2, 0.25) is 5.82 Å². The third-order valence-electron chi connectivity index (χ3n) is 2.71. The van der Waals surface area contributed by atoms with E-state index in [0.717, 1.165) is 5.56 Å². The van der Waals surface area contributed by atoms with Crippen LogP contribution >= 0.6 is 23.2 Å². The summed E-state index contributed by atoms with van der Waals surface area (Å²) in [7, 11) is 0. The molecule has 3 rings (SSSR count). The summed E-state index contributed by atoms with van der Waals surface area (Å²) in [4.78, 5) is 4.26. The Morgan fingerprint density at radius 2 is 1.76 bits per heavy atom. The highest BCUT2D eigenvalue weighted by Gasteiger charge is 2.09. The van der Waals surface area contributed by atoms with Crippen LogP contribution in [0.5, 0.6) is 5.75 Å². The first-order valence-corrected chi connectivity index (χ1v) is 6.93. The molecule has 0 spiro atoms. The second-order valence-corrected chi connectivity index (χ2v) is 5.14. The maximum absolute atomic E-state index is 5.93. The quantitative estimate of drug-likeness (QED) is 0.703. The van der Waals surface area contributed by atoms with Gasteiger partial charge in [0.1, 0.15) is 5.75 Å². The van der Waals surface area contributed by atoms with E-state index in [1.807, 2.05) is 18.2 Å². The summed E-state index contributed by atoms with van der Waals surface area (Å²) >= 11 is 11.8. The third-order valence-corrected chi connectivity index (χ3v) is 3.18. The Hall–Kier alpha value is -2.04. The maximum Gasteiger partial charge on any atom is 0.264 e. The van der Waals surface area contributed by atoms with E-state index in [2.05, 4.69) is 10.1 Å². The summed E-state index contributed by atoms with van der Waals surface area (Å²) in [6.45, 7) is 0.175. The van der Waals surface area contributed by atoms with Crippen LogP contribution in [0.3, 0.4) is 0 Å². The zero-order valence-electron chi connectivity index (χ0n) is 10.8. The summed E-state index contributed by atoms with van der Waals surface area (Å²) in [5, 5.41) is 5.13. The predicted octanol–water partition coefficient (Wildman–Crippen LogP) is 4.62. The van der Waals surface area contributed by atoms with Crippen LogP contribution in [0.25, 0.3) is 11.4 Å². The number of benzene rings is 2. The van der Waals surface area contributed by atoms with Crippen LogP contribution < -0.4 is 4.74 Å². The molecular formula is C15H10Cl2N2O2. The summed E-state index contributed by atoms with van der Waals surface area (Å²) < 4.78 is 10.7. The highest BCUT2D eigenvalue weighted by Crippen LogP contribution is 2.21. The fraction of sp³-hybridized carbons (Fsp3) is 0.0667. The van der Waals surface area contributed by atoms with Gasteiger partial charge in [-0.05, 0) is 30.3 Å². The molecule has 0 aliphatic heterocycles. The smallest absolute Gasteiger partial charge is 0.264 e. The van der Waals surface area contributed by atoms with Gasteiger partial charge in [0.25, 0.3) is 5.89 Å². The van der Waals surface area contributed by atoms with E-state index in [9.17, 15) is 0 Å². The standard InChI is InChI=1S/C15H10Cl2N2O2/c16-11-4-1-3-10(7-11)15-18-14(21-19-15)9-20-13-6-2-5-12(17)8-13/h1-8H,9H2. The Morgan fingerprint density at radius 1 is 1.00 bits per heavy atom. The van der Waals surface area contributed by atoms with Crippen molar-refractivity contribution in [3.05, 3.63) is 64.5 Å². The van der Waals surface area contributed by atoms with Crippen LogP contribution in [0.4, 0.5) is 0 Å².